The second-order valence-corrected chi connectivity index (χ2v) is 10.5. The molecular weight excluding hydrogens is 436 g/mol. The van der Waals surface area contributed by atoms with Gasteiger partial charge >= 0.3 is 0 Å². The zero-order valence-corrected chi connectivity index (χ0v) is 22.7. The van der Waals surface area contributed by atoms with Crippen LogP contribution in [0.2, 0.25) is 0 Å². The second kappa shape index (κ2) is 12.1. The summed E-state index contributed by atoms with van der Waals surface area (Å²) in [7, 11) is 1.62. The molecule has 0 saturated carbocycles. The molecule has 1 aromatic rings. The fraction of sp³-hybridized carbons (Fsp3) is 0.467. The topological polar surface area (TPSA) is 58.6 Å². The molecule has 0 heterocycles. The van der Waals surface area contributed by atoms with Gasteiger partial charge in [0, 0.05) is 17.6 Å². The molecule has 35 heavy (non-hydrogen) atoms. The summed E-state index contributed by atoms with van der Waals surface area (Å²) in [6, 6.07) is 5.61. The van der Waals surface area contributed by atoms with E-state index in [0.717, 1.165) is 40.9 Å². The summed E-state index contributed by atoms with van der Waals surface area (Å²) in [6.07, 6.45) is 8.60. The maximum atomic E-state index is 13.9. The van der Waals surface area contributed by atoms with E-state index in [1.54, 1.807) is 12.1 Å². The molecule has 1 unspecified atom stereocenters. The molecule has 1 atom stereocenters. The fourth-order valence-corrected chi connectivity index (χ4v) is 4.57. The highest BCUT2D eigenvalue weighted by atomic mass is 16.5. The van der Waals surface area contributed by atoms with Crippen molar-refractivity contribution in [2.24, 2.45) is 5.41 Å². The van der Waals surface area contributed by atoms with E-state index in [9.17, 15) is 9.59 Å². The minimum absolute atomic E-state index is 0.186. The van der Waals surface area contributed by atoms with Crippen LogP contribution in [-0.4, -0.2) is 30.0 Å². The fourth-order valence-electron chi connectivity index (χ4n) is 4.57. The normalized spacial score (nSPS) is 15.0. The minimum atomic E-state index is -0.323. The van der Waals surface area contributed by atoms with Crippen LogP contribution in [0.25, 0.3) is 0 Å². The van der Waals surface area contributed by atoms with Gasteiger partial charge in [0.05, 0.1) is 13.2 Å². The lowest BCUT2D eigenvalue weighted by Crippen LogP contribution is -2.56. The first-order chi connectivity index (χ1) is 16.4. The highest BCUT2D eigenvalue weighted by Gasteiger charge is 2.35. The highest BCUT2D eigenvalue weighted by molar-refractivity contribution is 6.01. The van der Waals surface area contributed by atoms with E-state index in [-0.39, 0.29) is 23.3 Å². The summed E-state index contributed by atoms with van der Waals surface area (Å²) >= 11 is 0. The number of amides is 2. The number of benzene rings is 1. The van der Waals surface area contributed by atoms with Gasteiger partial charge in [-0.3, -0.25) is 15.0 Å². The number of methoxy groups -OCH3 is 1. The molecule has 0 radical (unpaired) electrons. The van der Waals surface area contributed by atoms with Gasteiger partial charge in [0.2, 0.25) is 0 Å². The van der Waals surface area contributed by atoms with Gasteiger partial charge in [0.15, 0.2) is 0 Å². The van der Waals surface area contributed by atoms with Gasteiger partial charge in [0.25, 0.3) is 11.8 Å². The van der Waals surface area contributed by atoms with E-state index in [1.807, 2.05) is 57.2 Å². The molecule has 1 N–H and O–H groups in total. The lowest BCUT2D eigenvalue weighted by Gasteiger charge is -2.40. The first kappa shape index (κ1) is 28.2. The summed E-state index contributed by atoms with van der Waals surface area (Å²) < 4.78 is 5.63. The number of ether oxygens (including phenoxy) is 1. The van der Waals surface area contributed by atoms with Gasteiger partial charge in [-0.05, 0) is 62.8 Å². The van der Waals surface area contributed by atoms with Crippen molar-refractivity contribution in [1.29, 1.82) is 0 Å². The number of hydrogen-bond donors (Lipinski definition) is 1. The molecule has 0 spiro atoms. The lowest BCUT2D eigenvalue weighted by atomic mass is 9.83. The standard InChI is InChI=1S/C30H42N2O3/c1-10-12-23-14-15-25(22(5)26(19-23)35-9)28(33)31-32(27(13-11-2)30(6,7)8)29(34)24-17-20(3)16-21(4)18-24/h10,14-18,27H,1,11-13,19H2,2-9H3,(H,31,33). The summed E-state index contributed by atoms with van der Waals surface area (Å²) in [4.78, 5) is 27.6. The highest BCUT2D eigenvalue weighted by Crippen LogP contribution is 2.30. The Morgan fingerprint density at radius 2 is 1.77 bits per heavy atom. The first-order valence-electron chi connectivity index (χ1n) is 12.4. The van der Waals surface area contributed by atoms with E-state index in [4.69, 9.17) is 4.74 Å². The van der Waals surface area contributed by atoms with Gasteiger partial charge in [-0.25, -0.2) is 5.01 Å². The average molecular weight is 479 g/mol. The Kier molecular flexibility index (Phi) is 9.70. The Morgan fingerprint density at radius 1 is 1.14 bits per heavy atom. The van der Waals surface area contributed by atoms with Crippen molar-refractivity contribution in [3.05, 3.63) is 82.2 Å². The van der Waals surface area contributed by atoms with E-state index in [2.05, 4.69) is 39.7 Å². The Balaban J connectivity index is 2.55. The smallest absolute Gasteiger partial charge is 0.272 e. The number of aryl methyl sites for hydroxylation is 2. The predicted octanol–water partition coefficient (Wildman–Crippen LogP) is 6.74. The number of hydrazine groups is 1. The van der Waals surface area contributed by atoms with Gasteiger partial charge in [-0.2, -0.15) is 0 Å². The van der Waals surface area contributed by atoms with Crippen LogP contribution in [0.4, 0.5) is 0 Å². The third kappa shape index (κ3) is 7.20. The molecule has 0 fully saturated rings. The van der Waals surface area contributed by atoms with E-state index in [1.165, 1.54) is 0 Å². The van der Waals surface area contributed by atoms with Crippen LogP contribution in [0, 0.1) is 19.3 Å². The maximum Gasteiger partial charge on any atom is 0.272 e. The summed E-state index contributed by atoms with van der Waals surface area (Å²) in [5.74, 6) is 0.213. The van der Waals surface area contributed by atoms with Crippen molar-refractivity contribution in [2.75, 3.05) is 7.11 Å². The SMILES string of the molecule is C=CCC1=CC=C(C(=O)NN(C(=O)c2cc(C)cc(C)c2)C(CCC)C(C)(C)C)C(C)=C(OC)C1. The van der Waals surface area contributed by atoms with E-state index >= 15 is 0 Å². The number of carbonyl (C=O) groups excluding carboxylic acids is 2. The molecular formula is C30H42N2O3. The monoisotopic (exact) mass is 478 g/mol. The van der Waals surface area contributed by atoms with E-state index < -0.39 is 0 Å². The van der Waals surface area contributed by atoms with E-state index in [0.29, 0.717) is 24.0 Å². The molecule has 1 aliphatic carbocycles. The third-order valence-electron chi connectivity index (χ3n) is 6.38. The number of rotatable bonds is 8. The van der Waals surface area contributed by atoms with Crippen LogP contribution in [0.3, 0.4) is 0 Å². The van der Waals surface area contributed by atoms with Gasteiger partial charge < -0.3 is 4.74 Å². The van der Waals surface area contributed by atoms with Crippen LogP contribution in [0.5, 0.6) is 0 Å². The lowest BCUT2D eigenvalue weighted by molar-refractivity contribution is -0.122. The Bertz CT molecular complexity index is 1030. The average Bonchev–Trinajstić information content (AvgIpc) is 2.93. The zero-order chi connectivity index (χ0) is 26.3. The Hall–Kier alpha value is -3.08. The van der Waals surface area contributed by atoms with Crippen molar-refractivity contribution in [2.45, 2.75) is 80.2 Å². The third-order valence-corrected chi connectivity index (χ3v) is 6.38. The van der Waals surface area contributed by atoms with Gasteiger partial charge in [-0.15, -0.1) is 6.58 Å². The molecule has 5 nitrogen and oxygen atoms in total. The van der Waals surface area contributed by atoms with Crippen LogP contribution >= 0.6 is 0 Å². The Labute approximate surface area is 211 Å². The number of hydrogen-bond acceptors (Lipinski definition) is 3. The van der Waals surface area contributed by atoms with Crippen molar-refractivity contribution < 1.29 is 14.3 Å². The summed E-state index contributed by atoms with van der Waals surface area (Å²) in [6.45, 7) is 18.1. The number of allylic oxidation sites excluding steroid dienone is 4. The molecule has 1 aromatic carbocycles. The number of nitrogens with one attached hydrogen (secondary N) is 1. The molecule has 0 aromatic heterocycles. The second-order valence-electron chi connectivity index (χ2n) is 10.5. The van der Waals surface area contributed by atoms with Crippen LogP contribution in [-0.2, 0) is 9.53 Å². The van der Waals surface area contributed by atoms with Gasteiger partial charge in [-0.1, -0.05) is 69.0 Å². The molecule has 1 aliphatic rings. The van der Waals surface area contributed by atoms with Crippen molar-refractivity contribution in [3.63, 3.8) is 0 Å². The number of carbonyl (C=O) groups is 2. The molecule has 0 bridgehead atoms. The van der Waals surface area contributed by atoms with Gasteiger partial charge in [0.1, 0.15) is 5.76 Å². The molecule has 190 valence electrons. The number of nitrogens with zero attached hydrogens (tertiary/aromatic N) is 1. The van der Waals surface area contributed by atoms with Crippen LogP contribution in [0.15, 0.2) is 65.5 Å². The molecule has 0 aliphatic heterocycles. The first-order valence-corrected chi connectivity index (χ1v) is 12.4. The van der Waals surface area contributed by atoms with Crippen molar-refractivity contribution in [3.8, 4) is 0 Å². The molecule has 2 amide bonds. The van der Waals surface area contributed by atoms with Crippen LogP contribution < -0.4 is 5.43 Å². The van der Waals surface area contributed by atoms with Crippen molar-refractivity contribution in [1.82, 2.24) is 10.4 Å². The predicted molar refractivity (Wildman–Crippen MR) is 144 cm³/mol. The van der Waals surface area contributed by atoms with Crippen molar-refractivity contribution >= 4 is 11.8 Å². The largest absolute Gasteiger partial charge is 0.500 e. The molecule has 2 rings (SSSR count). The summed E-state index contributed by atoms with van der Waals surface area (Å²) in [5, 5.41) is 1.56. The Morgan fingerprint density at radius 3 is 2.29 bits per heavy atom. The van der Waals surface area contributed by atoms with Crippen LogP contribution in [0.1, 0.15) is 81.8 Å². The maximum absolute atomic E-state index is 13.9. The quantitative estimate of drug-likeness (QED) is 0.332. The zero-order valence-electron chi connectivity index (χ0n) is 22.7. The molecule has 5 heteroatoms. The summed E-state index contributed by atoms with van der Waals surface area (Å²) in [5.41, 5.74) is 7.72. The molecule has 0 saturated heterocycles. The minimum Gasteiger partial charge on any atom is -0.500 e.